The minimum atomic E-state index is -1.20. The molecule has 0 amide bonds. The molecule has 0 saturated heterocycles. The topological polar surface area (TPSA) is 44.3 Å². The number of unbranched alkanes of at least 4 members (excludes halogenated alkanes) is 1. The average Bonchev–Trinajstić information content (AvgIpc) is 2.91. The van der Waals surface area contributed by atoms with E-state index in [4.69, 9.17) is 17.4 Å². The van der Waals surface area contributed by atoms with E-state index in [0.29, 0.717) is 5.92 Å². The van der Waals surface area contributed by atoms with E-state index in [1.807, 2.05) is 32.9 Å². The summed E-state index contributed by atoms with van der Waals surface area (Å²) in [4.78, 5) is 0.957. The molecule has 3 atom stereocenters. The Morgan fingerprint density at radius 3 is 2.56 bits per heavy atom. The average molecular weight is 474 g/mol. The number of rotatable bonds is 8. The fraction of sp³-hybridized carbons (Fsp3) is 0.556. The number of hydrogen-bond acceptors (Lipinski definition) is 4. The largest absolute Gasteiger partial charge is 0.598 e. The third kappa shape index (κ3) is 5.67. The first-order valence-electron chi connectivity index (χ1n) is 11.9. The standard InChI is InChI=1S/C27H39NO2S2/c1-6-8-17-30-23-14-13-20-18-22(7-2)27(16-15-21(20)19-23,28-32(29)26(3,4)5)24-11-9-10-12-25(24)31/h9-14,19,22,28,31H,6-8,15-18H2,1-5H3/t22-,27-,32?/m0/s1. The number of fused-ring (bicyclic) bond motifs is 1. The molecule has 0 heterocycles. The minimum absolute atomic E-state index is 0.301. The van der Waals surface area contributed by atoms with Crippen molar-refractivity contribution in [1.29, 1.82) is 0 Å². The Hall–Kier alpha value is -1.14. The normalized spacial score (nSPS) is 22.2. The monoisotopic (exact) mass is 473 g/mol. The van der Waals surface area contributed by atoms with Crippen LogP contribution in [0.5, 0.6) is 5.75 Å². The number of hydrogen-bond donors (Lipinski definition) is 2. The summed E-state index contributed by atoms with van der Waals surface area (Å²) < 4.78 is 22.7. The molecule has 0 radical (unpaired) electrons. The van der Waals surface area contributed by atoms with Crippen LogP contribution in [0.25, 0.3) is 0 Å². The highest BCUT2D eigenvalue weighted by atomic mass is 32.2. The molecule has 0 aromatic heterocycles. The highest BCUT2D eigenvalue weighted by Gasteiger charge is 2.47. The maximum Gasteiger partial charge on any atom is 0.136 e. The number of thiol groups is 1. The predicted octanol–water partition coefficient (Wildman–Crippen LogP) is 6.62. The van der Waals surface area contributed by atoms with E-state index < -0.39 is 16.9 Å². The van der Waals surface area contributed by atoms with Crippen molar-refractivity contribution in [2.24, 2.45) is 5.92 Å². The van der Waals surface area contributed by atoms with E-state index >= 15 is 0 Å². The molecule has 3 nitrogen and oxygen atoms in total. The molecule has 32 heavy (non-hydrogen) atoms. The second-order valence-electron chi connectivity index (χ2n) is 9.91. The first-order chi connectivity index (χ1) is 15.2. The quantitative estimate of drug-likeness (QED) is 0.196. The zero-order chi connectivity index (χ0) is 23.4. The molecule has 2 aromatic carbocycles. The first-order valence-corrected chi connectivity index (χ1v) is 13.5. The minimum Gasteiger partial charge on any atom is -0.598 e. The summed E-state index contributed by atoms with van der Waals surface area (Å²) in [5.41, 5.74) is 3.47. The summed E-state index contributed by atoms with van der Waals surface area (Å²) in [6, 6.07) is 14.9. The maximum atomic E-state index is 13.4. The fourth-order valence-electron chi connectivity index (χ4n) is 4.64. The Morgan fingerprint density at radius 2 is 1.91 bits per heavy atom. The Morgan fingerprint density at radius 1 is 1.16 bits per heavy atom. The second-order valence-corrected chi connectivity index (χ2v) is 12.4. The molecule has 0 aliphatic heterocycles. The molecule has 1 aliphatic carbocycles. The van der Waals surface area contributed by atoms with E-state index in [-0.39, 0.29) is 4.75 Å². The lowest BCUT2D eigenvalue weighted by molar-refractivity contribution is 0.221. The van der Waals surface area contributed by atoms with Crippen molar-refractivity contribution in [3.05, 3.63) is 59.2 Å². The Kier molecular flexibility index (Phi) is 8.65. The third-order valence-electron chi connectivity index (χ3n) is 6.60. The van der Waals surface area contributed by atoms with E-state index in [2.05, 4.69) is 48.9 Å². The number of aryl methyl sites for hydroxylation is 1. The van der Waals surface area contributed by atoms with E-state index in [1.54, 1.807) is 0 Å². The van der Waals surface area contributed by atoms with Gasteiger partial charge in [0.15, 0.2) is 0 Å². The van der Waals surface area contributed by atoms with Crippen molar-refractivity contribution in [1.82, 2.24) is 4.72 Å². The molecular formula is C27H39NO2S2. The summed E-state index contributed by atoms with van der Waals surface area (Å²) in [5, 5.41) is 0. The number of ether oxygens (including phenoxy) is 1. The molecule has 1 aliphatic rings. The van der Waals surface area contributed by atoms with Crippen LogP contribution in [0.4, 0.5) is 0 Å². The van der Waals surface area contributed by atoms with Gasteiger partial charge in [-0.25, -0.2) is 0 Å². The van der Waals surface area contributed by atoms with Crippen LogP contribution in [-0.2, 0) is 29.7 Å². The van der Waals surface area contributed by atoms with Gasteiger partial charge in [0, 0.05) is 16.3 Å². The van der Waals surface area contributed by atoms with Crippen molar-refractivity contribution in [2.45, 2.75) is 88.3 Å². The van der Waals surface area contributed by atoms with Crippen LogP contribution in [0, 0.1) is 5.92 Å². The summed E-state index contributed by atoms with van der Waals surface area (Å²) >= 11 is 3.64. The zero-order valence-corrected chi connectivity index (χ0v) is 22.0. The van der Waals surface area contributed by atoms with Crippen molar-refractivity contribution < 1.29 is 9.29 Å². The SMILES string of the molecule is CCCCOc1ccc2c(c1)CC[C@@](N[S+]([O-])C(C)(C)C)(c1ccccc1S)[C@@H](CC)C2. The van der Waals surface area contributed by atoms with Gasteiger partial charge >= 0.3 is 0 Å². The molecular weight excluding hydrogens is 434 g/mol. The van der Waals surface area contributed by atoms with Gasteiger partial charge in [-0.3, -0.25) is 0 Å². The van der Waals surface area contributed by atoms with Crippen LogP contribution in [0.15, 0.2) is 47.4 Å². The van der Waals surface area contributed by atoms with E-state index in [9.17, 15) is 4.55 Å². The molecule has 176 valence electrons. The van der Waals surface area contributed by atoms with Gasteiger partial charge in [-0.15, -0.1) is 17.4 Å². The zero-order valence-electron chi connectivity index (χ0n) is 20.2. The van der Waals surface area contributed by atoms with E-state index in [0.717, 1.165) is 61.3 Å². The predicted molar refractivity (Wildman–Crippen MR) is 139 cm³/mol. The van der Waals surface area contributed by atoms with Gasteiger partial charge in [-0.2, -0.15) is 0 Å². The van der Waals surface area contributed by atoms with Crippen molar-refractivity contribution in [3.63, 3.8) is 0 Å². The maximum absolute atomic E-state index is 13.4. The summed E-state index contributed by atoms with van der Waals surface area (Å²) in [6.45, 7) is 11.3. The van der Waals surface area contributed by atoms with Gasteiger partial charge in [0.05, 0.1) is 12.1 Å². The molecule has 0 fully saturated rings. The van der Waals surface area contributed by atoms with Gasteiger partial charge < -0.3 is 9.29 Å². The lowest BCUT2D eigenvalue weighted by Crippen LogP contribution is -2.55. The van der Waals surface area contributed by atoms with Crippen LogP contribution in [-0.4, -0.2) is 15.9 Å². The van der Waals surface area contributed by atoms with Crippen LogP contribution in [0.3, 0.4) is 0 Å². The summed E-state index contributed by atoms with van der Waals surface area (Å²) in [6.07, 6.45) is 5.91. The van der Waals surface area contributed by atoms with Crippen LogP contribution in [0.2, 0.25) is 0 Å². The van der Waals surface area contributed by atoms with Gasteiger partial charge in [0.25, 0.3) is 0 Å². The lowest BCUT2D eigenvalue weighted by Gasteiger charge is -2.43. The van der Waals surface area contributed by atoms with Crippen LogP contribution in [0.1, 0.15) is 77.0 Å². The second kappa shape index (κ2) is 10.9. The number of benzene rings is 2. The fourth-order valence-corrected chi connectivity index (χ4v) is 6.02. The Bertz CT molecular complexity index is 895. The smallest absolute Gasteiger partial charge is 0.136 e. The first kappa shape index (κ1) is 25.5. The summed E-state index contributed by atoms with van der Waals surface area (Å²) in [5.74, 6) is 1.26. The summed E-state index contributed by atoms with van der Waals surface area (Å²) in [7, 11) is 0. The molecule has 0 bridgehead atoms. The van der Waals surface area contributed by atoms with Crippen molar-refractivity contribution >= 4 is 24.0 Å². The van der Waals surface area contributed by atoms with Gasteiger partial charge in [0.2, 0.25) is 0 Å². The van der Waals surface area contributed by atoms with Gasteiger partial charge in [0.1, 0.15) is 10.5 Å². The van der Waals surface area contributed by atoms with Crippen molar-refractivity contribution in [3.8, 4) is 5.75 Å². The Balaban J connectivity index is 2.02. The van der Waals surface area contributed by atoms with Gasteiger partial charge in [-0.1, -0.05) is 51.0 Å². The number of nitrogens with one attached hydrogen (secondary N) is 1. The molecule has 0 spiro atoms. The molecule has 3 rings (SSSR count). The van der Waals surface area contributed by atoms with Gasteiger partial charge in [-0.05, 0) is 87.3 Å². The molecule has 0 saturated carbocycles. The lowest BCUT2D eigenvalue weighted by atomic mass is 9.73. The molecule has 1 unspecified atom stereocenters. The highest BCUT2D eigenvalue weighted by molar-refractivity contribution is 7.90. The molecule has 1 N–H and O–H groups in total. The van der Waals surface area contributed by atoms with E-state index in [1.165, 1.54) is 11.1 Å². The van der Waals surface area contributed by atoms with Crippen LogP contribution >= 0.6 is 12.6 Å². The molecule has 2 aromatic rings. The third-order valence-corrected chi connectivity index (χ3v) is 8.66. The molecule has 5 heteroatoms. The van der Waals surface area contributed by atoms with Crippen LogP contribution < -0.4 is 9.46 Å². The highest BCUT2D eigenvalue weighted by Crippen LogP contribution is 2.45. The Labute approximate surface area is 203 Å². The van der Waals surface area contributed by atoms with Crippen molar-refractivity contribution in [2.75, 3.05) is 6.61 Å².